The Morgan fingerprint density at radius 1 is 0.276 bits per heavy atom. The first-order valence-electron chi connectivity index (χ1n) is 31.9. The minimum absolute atomic E-state index is 0.0857. The first kappa shape index (κ1) is 72.1. The summed E-state index contributed by atoms with van der Waals surface area (Å²) in [5.74, 6) is -0.905. The standard InChI is InChI=1S/C70H118O6/c1-4-7-10-13-16-19-22-24-26-28-30-31-32-33-34-35-36-37-38-39-41-42-44-46-48-51-54-57-60-63-69(72)75-66-67(65-74-68(71)62-59-56-53-50-21-18-15-12-9-6-3)76-70(73)64-61-58-55-52-49-47-45-43-40-29-27-25-23-20-17-14-11-8-5-2/h7-8,10-12,15-17,19-20,24-27,30-31,40,43,67H,4-6,9,13-14,18,21-23,28-29,32-39,41-42,44-66H2,1-3H3/b10-7-,11-8-,15-12-,19-16-,20-17-,26-24-,27-25-,31-30-,43-40-. The monoisotopic (exact) mass is 1050 g/mol. The average molecular weight is 1060 g/mol. The Bertz CT molecular complexity index is 1540. The van der Waals surface area contributed by atoms with Gasteiger partial charge in [0.15, 0.2) is 6.10 Å². The molecule has 0 saturated carbocycles. The van der Waals surface area contributed by atoms with Gasteiger partial charge in [0.25, 0.3) is 0 Å². The molecule has 0 aliphatic rings. The minimum Gasteiger partial charge on any atom is -0.462 e. The second-order valence-corrected chi connectivity index (χ2v) is 20.9. The number of rotatable bonds is 57. The third-order valence-corrected chi connectivity index (χ3v) is 13.5. The third-order valence-electron chi connectivity index (χ3n) is 13.5. The first-order chi connectivity index (χ1) is 37.5. The van der Waals surface area contributed by atoms with Crippen LogP contribution in [0.4, 0.5) is 0 Å². The van der Waals surface area contributed by atoms with Crippen molar-refractivity contribution < 1.29 is 28.6 Å². The fourth-order valence-corrected chi connectivity index (χ4v) is 8.78. The van der Waals surface area contributed by atoms with Crippen LogP contribution in [0.25, 0.3) is 0 Å². The van der Waals surface area contributed by atoms with E-state index in [4.69, 9.17) is 14.2 Å². The summed E-state index contributed by atoms with van der Waals surface area (Å²) in [6, 6.07) is 0. The molecule has 0 aromatic heterocycles. The predicted molar refractivity (Wildman–Crippen MR) is 330 cm³/mol. The van der Waals surface area contributed by atoms with Crippen molar-refractivity contribution >= 4 is 17.9 Å². The molecular formula is C70H118O6. The van der Waals surface area contributed by atoms with Gasteiger partial charge in [0, 0.05) is 19.3 Å². The van der Waals surface area contributed by atoms with Crippen LogP contribution in [0.2, 0.25) is 0 Å². The van der Waals surface area contributed by atoms with Crippen LogP contribution in [0, 0.1) is 0 Å². The highest BCUT2D eigenvalue weighted by Gasteiger charge is 2.19. The molecule has 0 spiro atoms. The van der Waals surface area contributed by atoms with E-state index in [1.54, 1.807) is 0 Å². The van der Waals surface area contributed by atoms with Gasteiger partial charge in [-0.2, -0.15) is 0 Å². The Labute approximate surface area is 470 Å². The molecule has 0 aromatic carbocycles. The van der Waals surface area contributed by atoms with Crippen molar-refractivity contribution in [2.45, 2.75) is 303 Å². The minimum atomic E-state index is -0.790. The second kappa shape index (κ2) is 63.6. The number of ether oxygens (including phenoxy) is 3. The average Bonchev–Trinajstić information content (AvgIpc) is 3.42. The van der Waals surface area contributed by atoms with E-state index in [2.05, 4.69) is 130 Å². The summed E-state index contributed by atoms with van der Waals surface area (Å²) in [7, 11) is 0. The lowest BCUT2D eigenvalue weighted by Gasteiger charge is -2.18. The molecule has 0 aromatic rings. The van der Waals surface area contributed by atoms with E-state index < -0.39 is 6.10 Å². The van der Waals surface area contributed by atoms with Crippen LogP contribution in [0.5, 0.6) is 0 Å². The van der Waals surface area contributed by atoms with E-state index in [0.717, 1.165) is 141 Å². The summed E-state index contributed by atoms with van der Waals surface area (Å²) in [6.45, 7) is 6.35. The van der Waals surface area contributed by atoms with Gasteiger partial charge in [-0.3, -0.25) is 14.4 Å². The zero-order chi connectivity index (χ0) is 55.0. The summed E-state index contributed by atoms with van der Waals surface area (Å²) < 4.78 is 16.9. The maximum atomic E-state index is 12.9. The Kier molecular flexibility index (Phi) is 60.3. The quantitative estimate of drug-likeness (QED) is 0.0261. The van der Waals surface area contributed by atoms with Crippen molar-refractivity contribution in [1.29, 1.82) is 0 Å². The van der Waals surface area contributed by atoms with Gasteiger partial charge in [-0.05, 0) is 116 Å². The second-order valence-electron chi connectivity index (χ2n) is 20.9. The van der Waals surface area contributed by atoms with E-state index in [1.165, 1.54) is 116 Å². The predicted octanol–water partition coefficient (Wildman–Crippen LogP) is 21.8. The molecule has 76 heavy (non-hydrogen) atoms. The van der Waals surface area contributed by atoms with Gasteiger partial charge in [0.1, 0.15) is 13.2 Å². The summed E-state index contributed by atoms with van der Waals surface area (Å²) in [5.41, 5.74) is 0. The van der Waals surface area contributed by atoms with Crippen LogP contribution in [0.15, 0.2) is 109 Å². The normalized spacial score (nSPS) is 12.8. The van der Waals surface area contributed by atoms with Crippen molar-refractivity contribution in [2.75, 3.05) is 13.2 Å². The Morgan fingerprint density at radius 3 is 0.816 bits per heavy atom. The fourth-order valence-electron chi connectivity index (χ4n) is 8.78. The summed E-state index contributed by atoms with van der Waals surface area (Å²) >= 11 is 0. The van der Waals surface area contributed by atoms with Crippen molar-refractivity contribution in [2.24, 2.45) is 0 Å². The molecule has 0 N–H and O–H groups in total. The van der Waals surface area contributed by atoms with Crippen molar-refractivity contribution in [3.63, 3.8) is 0 Å². The maximum Gasteiger partial charge on any atom is 0.306 e. The van der Waals surface area contributed by atoms with Crippen LogP contribution < -0.4 is 0 Å². The molecule has 0 radical (unpaired) electrons. The largest absolute Gasteiger partial charge is 0.462 e. The van der Waals surface area contributed by atoms with E-state index in [9.17, 15) is 14.4 Å². The summed E-state index contributed by atoms with van der Waals surface area (Å²) in [5, 5.41) is 0. The Morgan fingerprint density at radius 2 is 0.513 bits per heavy atom. The van der Waals surface area contributed by atoms with Crippen molar-refractivity contribution in [1.82, 2.24) is 0 Å². The van der Waals surface area contributed by atoms with E-state index in [0.29, 0.717) is 19.3 Å². The lowest BCUT2D eigenvalue weighted by molar-refractivity contribution is -0.167. The number of carbonyl (C=O) groups excluding carboxylic acids is 3. The van der Waals surface area contributed by atoms with Crippen LogP contribution in [0.1, 0.15) is 297 Å². The molecular weight excluding hydrogens is 937 g/mol. The van der Waals surface area contributed by atoms with Crippen molar-refractivity contribution in [3.8, 4) is 0 Å². The number of hydrogen-bond acceptors (Lipinski definition) is 6. The molecule has 1 atom stereocenters. The number of esters is 3. The van der Waals surface area contributed by atoms with Gasteiger partial charge in [-0.1, -0.05) is 271 Å². The van der Waals surface area contributed by atoms with Crippen LogP contribution in [0.3, 0.4) is 0 Å². The summed E-state index contributed by atoms with van der Waals surface area (Å²) in [6.07, 6.45) is 86.8. The van der Waals surface area contributed by atoms with Crippen LogP contribution in [-0.2, 0) is 28.6 Å². The molecule has 0 saturated heterocycles. The fraction of sp³-hybridized carbons (Fsp3) is 0.700. The van der Waals surface area contributed by atoms with Gasteiger partial charge in [-0.15, -0.1) is 0 Å². The SMILES string of the molecule is CC/C=C\C/C=C\C/C=C\C/C=C\CCCCCCCCCCCCCCCCCCC(=O)OCC(COC(=O)CCCCCCC/C=C\CCC)OC(=O)CCCCCCCC/C=C\C/C=C\C/C=C\C/C=C\CC. The molecule has 434 valence electrons. The number of hydrogen-bond donors (Lipinski definition) is 0. The molecule has 0 heterocycles. The molecule has 6 heteroatoms. The van der Waals surface area contributed by atoms with E-state index in [-0.39, 0.29) is 31.1 Å². The molecule has 0 fully saturated rings. The molecule has 0 aliphatic carbocycles. The van der Waals surface area contributed by atoms with Gasteiger partial charge in [0.2, 0.25) is 0 Å². The molecule has 0 rings (SSSR count). The summed E-state index contributed by atoms with van der Waals surface area (Å²) in [4.78, 5) is 38.2. The Hall–Kier alpha value is -3.93. The third kappa shape index (κ3) is 60.9. The van der Waals surface area contributed by atoms with Gasteiger partial charge in [-0.25, -0.2) is 0 Å². The number of allylic oxidation sites excluding steroid dienone is 18. The molecule has 0 amide bonds. The van der Waals surface area contributed by atoms with E-state index in [1.807, 2.05) is 0 Å². The molecule has 1 unspecified atom stereocenters. The molecule has 6 nitrogen and oxygen atoms in total. The van der Waals surface area contributed by atoms with Crippen LogP contribution >= 0.6 is 0 Å². The number of unbranched alkanes of at least 4 members (excludes halogenated alkanes) is 28. The highest BCUT2D eigenvalue weighted by atomic mass is 16.6. The number of carbonyl (C=O) groups is 3. The lowest BCUT2D eigenvalue weighted by atomic mass is 10.0. The lowest BCUT2D eigenvalue weighted by Crippen LogP contribution is -2.30. The van der Waals surface area contributed by atoms with Crippen LogP contribution in [-0.4, -0.2) is 37.2 Å². The van der Waals surface area contributed by atoms with Gasteiger partial charge in [0.05, 0.1) is 0 Å². The first-order valence-corrected chi connectivity index (χ1v) is 31.9. The zero-order valence-corrected chi connectivity index (χ0v) is 49.7. The van der Waals surface area contributed by atoms with Gasteiger partial charge >= 0.3 is 17.9 Å². The van der Waals surface area contributed by atoms with Gasteiger partial charge < -0.3 is 14.2 Å². The highest BCUT2D eigenvalue weighted by molar-refractivity contribution is 5.71. The highest BCUT2D eigenvalue weighted by Crippen LogP contribution is 2.16. The molecule has 0 bridgehead atoms. The smallest absolute Gasteiger partial charge is 0.306 e. The topological polar surface area (TPSA) is 78.9 Å². The Balaban J connectivity index is 4.21. The molecule has 0 aliphatic heterocycles. The maximum absolute atomic E-state index is 12.9. The van der Waals surface area contributed by atoms with E-state index >= 15 is 0 Å². The van der Waals surface area contributed by atoms with Crippen molar-refractivity contribution in [3.05, 3.63) is 109 Å². The zero-order valence-electron chi connectivity index (χ0n) is 49.7.